The summed E-state index contributed by atoms with van der Waals surface area (Å²) in [6, 6.07) is 11.2. The molecule has 4 rings (SSSR count). The Morgan fingerprint density at radius 2 is 1.91 bits per heavy atom. The molecule has 2 aliphatic rings. The molecule has 0 N–H and O–H groups in total. The van der Waals surface area contributed by atoms with Crippen molar-refractivity contribution in [1.29, 1.82) is 0 Å². The van der Waals surface area contributed by atoms with Crippen LogP contribution in [0.1, 0.15) is 12.2 Å². The Balaban J connectivity index is 1.36. The van der Waals surface area contributed by atoms with Crippen LogP contribution < -0.4 is 0 Å². The van der Waals surface area contributed by atoms with Crippen molar-refractivity contribution in [1.82, 2.24) is 14.7 Å². The molecule has 1 aromatic heterocycles. The van der Waals surface area contributed by atoms with Crippen LogP contribution in [0.15, 0.2) is 34.7 Å². The molecular formula is C18H25N3O. The highest BCUT2D eigenvalue weighted by Gasteiger charge is 2.29. The van der Waals surface area contributed by atoms with Gasteiger partial charge in [0.1, 0.15) is 11.3 Å². The Labute approximate surface area is 132 Å². The maximum Gasteiger partial charge on any atom is 0.134 e. The summed E-state index contributed by atoms with van der Waals surface area (Å²) in [7, 11) is 2.22. The number of likely N-dealkylation sites (N-methyl/N-ethyl adjacent to an activating group) is 1. The number of nitrogens with zero attached hydrogens (tertiary/aromatic N) is 3. The zero-order valence-electron chi connectivity index (χ0n) is 13.4. The minimum Gasteiger partial charge on any atom is -0.460 e. The van der Waals surface area contributed by atoms with Crippen LogP contribution in [0.3, 0.4) is 0 Å². The van der Waals surface area contributed by atoms with Gasteiger partial charge in [0.25, 0.3) is 0 Å². The molecule has 3 heterocycles. The number of rotatable bonds is 3. The maximum atomic E-state index is 5.96. The van der Waals surface area contributed by atoms with Crippen molar-refractivity contribution in [3.8, 4) is 0 Å². The smallest absolute Gasteiger partial charge is 0.134 e. The number of para-hydroxylation sites is 1. The van der Waals surface area contributed by atoms with E-state index < -0.39 is 0 Å². The number of hydrogen-bond donors (Lipinski definition) is 0. The molecule has 1 unspecified atom stereocenters. The number of furan rings is 1. The molecule has 0 bridgehead atoms. The van der Waals surface area contributed by atoms with Gasteiger partial charge >= 0.3 is 0 Å². The van der Waals surface area contributed by atoms with Crippen LogP contribution in [-0.4, -0.2) is 67.1 Å². The minimum atomic E-state index is 0.734. The third-order valence-corrected chi connectivity index (χ3v) is 5.16. The number of hydrogen-bond acceptors (Lipinski definition) is 4. The second-order valence-electron chi connectivity index (χ2n) is 6.77. The lowest BCUT2D eigenvalue weighted by Gasteiger charge is -2.36. The average molecular weight is 299 g/mol. The first-order valence-corrected chi connectivity index (χ1v) is 8.40. The van der Waals surface area contributed by atoms with E-state index in [9.17, 15) is 0 Å². The van der Waals surface area contributed by atoms with E-state index in [1.807, 2.05) is 6.07 Å². The van der Waals surface area contributed by atoms with E-state index in [2.05, 4.69) is 46.0 Å². The van der Waals surface area contributed by atoms with Crippen LogP contribution in [0.2, 0.25) is 0 Å². The van der Waals surface area contributed by atoms with E-state index in [1.165, 1.54) is 51.1 Å². The highest BCUT2D eigenvalue weighted by Crippen LogP contribution is 2.23. The Morgan fingerprint density at radius 3 is 2.73 bits per heavy atom. The molecule has 2 aromatic rings. The van der Waals surface area contributed by atoms with Crippen molar-refractivity contribution in [3.05, 3.63) is 36.1 Å². The minimum absolute atomic E-state index is 0.734. The highest BCUT2D eigenvalue weighted by atomic mass is 16.3. The molecule has 0 saturated carbocycles. The van der Waals surface area contributed by atoms with Crippen LogP contribution in [0.4, 0.5) is 0 Å². The zero-order chi connectivity index (χ0) is 14.9. The second-order valence-corrected chi connectivity index (χ2v) is 6.77. The van der Waals surface area contributed by atoms with Gasteiger partial charge in [-0.05, 0) is 25.6 Å². The predicted molar refractivity (Wildman–Crippen MR) is 89.0 cm³/mol. The van der Waals surface area contributed by atoms with E-state index in [1.54, 1.807) is 0 Å². The van der Waals surface area contributed by atoms with Crippen LogP contribution in [-0.2, 0) is 6.54 Å². The molecule has 4 nitrogen and oxygen atoms in total. The lowest BCUT2D eigenvalue weighted by Crippen LogP contribution is -2.49. The first-order valence-electron chi connectivity index (χ1n) is 8.40. The Kier molecular flexibility index (Phi) is 3.90. The van der Waals surface area contributed by atoms with Gasteiger partial charge in [0.2, 0.25) is 0 Å². The topological polar surface area (TPSA) is 22.9 Å². The van der Waals surface area contributed by atoms with Crippen molar-refractivity contribution in [2.45, 2.75) is 19.0 Å². The van der Waals surface area contributed by atoms with Gasteiger partial charge in [-0.3, -0.25) is 9.80 Å². The number of fused-ring (bicyclic) bond motifs is 1. The van der Waals surface area contributed by atoms with Gasteiger partial charge in [-0.25, -0.2) is 0 Å². The standard InChI is InChI=1S/C18H25N3O/c1-19-8-10-21(11-9-19)16-6-7-20(13-16)14-17-12-15-4-2-3-5-18(15)22-17/h2-5,12,16H,6-11,13-14H2,1H3. The highest BCUT2D eigenvalue weighted by molar-refractivity contribution is 5.77. The summed E-state index contributed by atoms with van der Waals surface area (Å²) in [6.07, 6.45) is 1.30. The van der Waals surface area contributed by atoms with E-state index >= 15 is 0 Å². The molecule has 4 heteroatoms. The Morgan fingerprint density at radius 1 is 1.09 bits per heavy atom. The van der Waals surface area contributed by atoms with Gasteiger partial charge < -0.3 is 9.32 Å². The molecule has 0 radical (unpaired) electrons. The largest absolute Gasteiger partial charge is 0.460 e. The summed E-state index contributed by atoms with van der Waals surface area (Å²) in [5.74, 6) is 1.10. The monoisotopic (exact) mass is 299 g/mol. The van der Waals surface area contributed by atoms with E-state index in [-0.39, 0.29) is 0 Å². The van der Waals surface area contributed by atoms with Gasteiger partial charge in [0.15, 0.2) is 0 Å². The molecule has 0 amide bonds. The predicted octanol–water partition coefficient (Wildman–Crippen LogP) is 2.25. The molecule has 2 fully saturated rings. The number of benzene rings is 1. The Hall–Kier alpha value is -1.36. The lowest BCUT2D eigenvalue weighted by atomic mass is 10.2. The third-order valence-electron chi connectivity index (χ3n) is 5.16. The number of piperazine rings is 1. The van der Waals surface area contributed by atoms with Gasteiger partial charge in [-0.15, -0.1) is 0 Å². The first-order chi connectivity index (χ1) is 10.8. The number of likely N-dealkylation sites (tertiary alicyclic amines) is 1. The van der Waals surface area contributed by atoms with Gasteiger partial charge in [0.05, 0.1) is 6.54 Å². The summed E-state index contributed by atoms with van der Waals surface area (Å²) >= 11 is 0. The first kappa shape index (κ1) is 14.2. The van der Waals surface area contributed by atoms with Crippen molar-refractivity contribution >= 4 is 11.0 Å². The van der Waals surface area contributed by atoms with E-state index in [0.29, 0.717) is 0 Å². The van der Waals surface area contributed by atoms with Crippen LogP contribution in [0, 0.1) is 0 Å². The van der Waals surface area contributed by atoms with Crippen molar-refractivity contribution in [2.24, 2.45) is 0 Å². The SMILES string of the molecule is CN1CCN(C2CCN(Cc3cc4ccccc4o3)C2)CC1. The average Bonchev–Trinajstić information content (AvgIpc) is 3.14. The van der Waals surface area contributed by atoms with E-state index in [4.69, 9.17) is 4.42 Å². The maximum absolute atomic E-state index is 5.96. The van der Waals surface area contributed by atoms with Crippen molar-refractivity contribution in [2.75, 3.05) is 46.3 Å². The fourth-order valence-corrected chi connectivity index (χ4v) is 3.78. The molecule has 2 aliphatic heterocycles. The molecule has 1 aromatic carbocycles. The fourth-order valence-electron chi connectivity index (χ4n) is 3.78. The quantitative estimate of drug-likeness (QED) is 0.867. The van der Waals surface area contributed by atoms with Gasteiger partial charge in [-0.2, -0.15) is 0 Å². The summed E-state index contributed by atoms with van der Waals surface area (Å²) < 4.78 is 5.96. The molecular weight excluding hydrogens is 274 g/mol. The van der Waals surface area contributed by atoms with E-state index in [0.717, 1.165) is 23.9 Å². The summed E-state index contributed by atoms with van der Waals surface area (Å²) in [4.78, 5) is 7.65. The van der Waals surface area contributed by atoms with Crippen LogP contribution >= 0.6 is 0 Å². The molecule has 118 valence electrons. The van der Waals surface area contributed by atoms with Crippen LogP contribution in [0.5, 0.6) is 0 Å². The molecule has 0 aliphatic carbocycles. The fraction of sp³-hybridized carbons (Fsp3) is 0.556. The molecule has 22 heavy (non-hydrogen) atoms. The summed E-state index contributed by atoms with van der Waals surface area (Å²) in [5, 5.41) is 1.22. The van der Waals surface area contributed by atoms with Crippen LogP contribution in [0.25, 0.3) is 11.0 Å². The van der Waals surface area contributed by atoms with Gasteiger partial charge in [0, 0.05) is 50.7 Å². The molecule has 0 spiro atoms. The summed E-state index contributed by atoms with van der Waals surface area (Å²) in [5.41, 5.74) is 1.01. The summed E-state index contributed by atoms with van der Waals surface area (Å²) in [6.45, 7) is 8.17. The van der Waals surface area contributed by atoms with Crippen molar-refractivity contribution in [3.63, 3.8) is 0 Å². The van der Waals surface area contributed by atoms with Gasteiger partial charge in [-0.1, -0.05) is 18.2 Å². The van der Waals surface area contributed by atoms with Crippen molar-refractivity contribution < 1.29 is 4.42 Å². The molecule has 1 atom stereocenters. The normalized spacial score (nSPS) is 25.2. The second kappa shape index (κ2) is 6.03. The third kappa shape index (κ3) is 2.91. The zero-order valence-corrected chi connectivity index (χ0v) is 13.4. The molecule has 2 saturated heterocycles. The lowest BCUT2D eigenvalue weighted by molar-refractivity contribution is 0.112. The Bertz CT molecular complexity index is 597.